The fraction of sp³-hybridized carbons (Fsp3) is 0.353. The van der Waals surface area contributed by atoms with Gasteiger partial charge in [0, 0.05) is 28.9 Å². The van der Waals surface area contributed by atoms with Gasteiger partial charge >= 0.3 is 0 Å². The van der Waals surface area contributed by atoms with Gasteiger partial charge in [-0.2, -0.15) is 4.98 Å². The van der Waals surface area contributed by atoms with Crippen molar-refractivity contribution in [3.63, 3.8) is 0 Å². The highest BCUT2D eigenvalue weighted by Crippen LogP contribution is 2.23. The summed E-state index contributed by atoms with van der Waals surface area (Å²) < 4.78 is 21.9. The fourth-order valence-corrected chi connectivity index (χ4v) is 3.38. The van der Waals surface area contributed by atoms with Crippen LogP contribution in [0.4, 0.5) is 17.5 Å². The molecule has 0 spiro atoms. The minimum Gasteiger partial charge on any atom is -0.768 e. The summed E-state index contributed by atoms with van der Waals surface area (Å²) in [7, 11) is 0. The Bertz CT molecular complexity index is 845. The number of carbonyl (C=O) groups excluding carboxylic acids is 1. The number of anilines is 3. The number of amides is 1. The second-order valence-corrected chi connectivity index (χ2v) is 7.34. The summed E-state index contributed by atoms with van der Waals surface area (Å²) in [5, 5.41) is 6.21. The second-order valence-electron chi connectivity index (χ2n) is 6.40. The normalized spacial score (nSPS) is 20.7. The summed E-state index contributed by atoms with van der Waals surface area (Å²) in [4.78, 5) is 20.4. The van der Waals surface area contributed by atoms with Crippen LogP contribution in [-0.2, 0) is 11.1 Å². The first-order valence-corrected chi connectivity index (χ1v) is 9.67. The van der Waals surface area contributed by atoms with Gasteiger partial charge in [-0.25, -0.2) is 4.98 Å². The van der Waals surface area contributed by atoms with Gasteiger partial charge in [0.25, 0.3) is 5.91 Å². The van der Waals surface area contributed by atoms with Crippen LogP contribution in [0.2, 0.25) is 0 Å². The van der Waals surface area contributed by atoms with Gasteiger partial charge in [-0.3, -0.25) is 9.00 Å². The maximum absolute atomic E-state index is 11.7. The van der Waals surface area contributed by atoms with Gasteiger partial charge in [0.1, 0.15) is 11.4 Å². The van der Waals surface area contributed by atoms with E-state index in [0.717, 1.165) is 25.7 Å². The van der Waals surface area contributed by atoms with Crippen molar-refractivity contribution >= 4 is 34.4 Å². The van der Waals surface area contributed by atoms with Crippen molar-refractivity contribution in [3.8, 4) is 0 Å². The van der Waals surface area contributed by atoms with Crippen molar-refractivity contribution in [2.75, 3.05) is 10.6 Å². The van der Waals surface area contributed by atoms with Crippen LogP contribution in [0.1, 0.15) is 36.0 Å². The van der Waals surface area contributed by atoms with Crippen LogP contribution in [0.15, 0.2) is 35.4 Å². The molecule has 0 aliphatic heterocycles. The minimum absolute atomic E-state index is 0.0232. The number of nitrogens with zero attached hydrogens (tertiary/aromatic N) is 2. The van der Waals surface area contributed by atoms with Crippen molar-refractivity contribution < 1.29 is 13.6 Å². The Hall–Kier alpha value is -2.56. The minimum atomic E-state index is -2.31. The predicted molar refractivity (Wildman–Crippen MR) is 101 cm³/mol. The Kier molecular flexibility index (Phi) is 5.99. The molecule has 144 valence electrons. The van der Waals surface area contributed by atoms with Gasteiger partial charge in [-0.1, -0.05) is 12.8 Å². The zero-order chi connectivity index (χ0) is 19.4. The highest BCUT2D eigenvalue weighted by molar-refractivity contribution is 7.79. The van der Waals surface area contributed by atoms with Crippen molar-refractivity contribution in [1.82, 2.24) is 9.97 Å². The predicted octanol–water partition coefficient (Wildman–Crippen LogP) is 1.24. The zero-order valence-electron chi connectivity index (χ0n) is 14.6. The van der Waals surface area contributed by atoms with Gasteiger partial charge in [0.2, 0.25) is 5.95 Å². The monoisotopic (exact) mass is 389 g/mol. The van der Waals surface area contributed by atoms with Crippen LogP contribution in [0.25, 0.3) is 0 Å². The number of primary amides is 1. The van der Waals surface area contributed by atoms with Crippen LogP contribution < -0.4 is 22.1 Å². The van der Waals surface area contributed by atoms with E-state index in [-0.39, 0.29) is 28.4 Å². The van der Waals surface area contributed by atoms with Crippen LogP contribution in [0.5, 0.6) is 0 Å². The van der Waals surface area contributed by atoms with Crippen molar-refractivity contribution in [2.24, 2.45) is 11.5 Å². The van der Waals surface area contributed by atoms with E-state index in [9.17, 15) is 13.6 Å². The molecule has 1 aromatic carbocycles. The molecular weight excluding hydrogens is 368 g/mol. The van der Waals surface area contributed by atoms with Gasteiger partial charge in [0.15, 0.2) is 0 Å². The second kappa shape index (κ2) is 8.42. The number of hydrogen-bond acceptors (Lipinski definition) is 8. The molecule has 3 rings (SSSR count). The highest BCUT2D eigenvalue weighted by atomic mass is 32.2. The molecule has 10 heteroatoms. The summed E-state index contributed by atoms with van der Waals surface area (Å²) in [6.07, 6.45) is 5.42. The summed E-state index contributed by atoms with van der Waals surface area (Å²) in [6, 6.07) is 6.12. The molecule has 6 N–H and O–H groups in total. The van der Waals surface area contributed by atoms with E-state index < -0.39 is 17.0 Å². The van der Waals surface area contributed by atoms with Gasteiger partial charge < -0.3 is 26.7 Å². The van der Waals surface area contributed by atoms with Crippen LogP contribution in [-0.4, -0.2) is 36.7 Å². The van der Waals surface area contributed by atoms with E-state index >= 15 is 0 Å². The van der Waals surface area contributed by atoms with Crippen molar-refractivity contribution in [3.05, 3.63) is 36.0 Å². The molecule has 1 aliphatic carbocycles. The van der Waals surface area contributed by atoms with E-state index in [2.05, 4.69) is 20.6 Å². The Morgan fingerprint density at radius 2 is 1.93 bits per heavy atom. The molecule has 1 fully saturated rings. The number of aromatic nitrogens is 2. The first-order chi connectivity index (χ1) is 12.9. The number of carbonyl (C=O) groups is 1. The molecule has 0 radical (unpaired) electrons. The number of nitrogens with two attached hydrogens (primary N) is 2. The van der Waals surface area contributed by atoms with Gasteiger partial charge in [-0.15, -0.1) is 0 Å². The Morgan fingerprint density at radius 3 is 2.56 bits per heavy atom. The Balaban J connectivity index is 1.83. The lowest BCUT2D eigenvalue weighted by Gasteiger charge is -2.29. The zero-order valence-corrected chi connectivity index (χ0v) is 15.4. The maximum atomic E-state index is 11.7. The van der Waals surface area contributed by atoms with Gasteiger partial charge in [0.05, 0.1) is 0 Å². The molecule has 1 aliphatic rings. The Morgan fingerprint density at radius 1 is 1.22 bits per heavy atom. The summed E-state index contributed by atoms with van der Waals surface area (Å²) in [5.74, 6) is -0.0850. The first-order valence-electron chi connectivity index (χ1n) is 8.59. The lowest BCUT2D eigenvalue weighted by molar-refractivity contribution is 0.100. The standard InChI is InChI=1S/C17H22N6O3S/c18-13-3-1-2-4-14(13)22-17-20-9-12(15(19)24)16(23-17)21-10-5-7-11(8-6-10)27(25)26/h5-9,13-14H,1-4,18H2,(H2,19,24)(H,25,26)(H2,20,21,22,23)/p-1/t13-,14+/m0/s1. The number of rotatable bonds is 6. The summed E-state index contributed by atoms with van der Waals surface area (Å²) >= 11 is -2.31. The molecule has 1 aromatic heterocycles. The average Bonchev–Trinajstić information content (AvgIpc) is 2.64. The third-order valence-electron chi connectivity index (χ3n) is 4.50. The highest BCUT2D eigenvalue weighted by Gasteiger charge is 2.23. The summed E-state index contributed by atoms with van der Waals surface area (Å²) in [6.45, 7) is 0. The van der Waals surface area contributed by atoms with Crippen LogP contribution in [0, 0.1) is 0 Å². The van der Waals surface area contributed by atoms with Gasteiger partial charge in [-0.05, 0) is 48.2 Å². The van der Waals surface area contributed by atoms with E-state index in [1.54, 1.807) is 12.1 Å². The van der Waals surface area contributed by atoms with E-state index in [0.29, 0.717) is 11.6 Å². The Labute approximate surface area is 159 Å². The molecule has 9 nitrogen and oxygen atoms in total. The smallest absolute Gasteiger partial charge is 0.254 e. The lowest BCUT2D eigenvalue weighted by Crippen LogP contribution is -2.43. The molecule has 1 amide bonds. The third kappa shape index (κ3) is 4.79. The molecule has 0 bridgehead atoms. The number of benzene rings is 1. The van der Waals surface area contributed by atoms with Crippen molar-refractivity contribution in [2.45, 2.75) is 42.7 Å². The van der Waals surface area contributed by atoms with Crippen LogP contribution >= 0.6 is 0 Å². The average molecular weight is 389 g/mol. The maximum Gasteiger partial charge on any atom is 0.254 e. The van der Waals surface area contributed by atoms with Crippen LogP contribution in [0.3, 0.4) is 0 Å². The molecular formula is C17H21N6O3S-. The molecule has 1 heterocycles. The topological polar surface area (TPSA) is 159 Å². The molecule has 27 heavy (non-hydrogen) atoms. The fourth-order valence-electron chi connectivity index (χ4n) is 3.02. The molecule has 3 atom stereocenters. The first kappa shape index (κ1) is 19.2. The van der Waals surface area contributed by atoms with E-state index in [1.165, 1.54) is 18.3 Å². The number of hydrogen-bond donors (Lipinski definition) is 4. The molecule has 0 saturated heterocycles. The molecule has 1 unspecified atom stereocenters. The quantitative estimate of drug-likeness (QED) is 0.537. The molecule has 1 saturated carbocycles. The molecule has 2 aromatic rings. The lowest BCUT2D eigenvalue weighted by atomic mass is 9.91. The third-order valence-corrected chi connectivity index (χ3v) is 5.15. The van der Waals surface area contributed by atoms with E-state index in [1.807, 2.05) is 0 Å². The van der Waals surface area contributed by atoms with Crippen molar-refractivity contribution in [1.29, 1.82) is 0 Å². The number of nitrogens with one attached hydrogen (secondary N) is 2. The SMILES string of the molecule is NC(=O)c1cnc(N[C@@H]2CCCC[C@@H]2N)nc1Nc1ccc(S(=O)[O-])cc1. The largest absolute Gasteiger partial charge is 0.768 e. The van der Waals surface area contributed by atoms with E-state index in [4.69, 9.17) is 11.5 Å². The summed E-state index contributed by atoms with van der Waals surface area (Å²) in [5.41, 5.74) is 12.2.